The van der Waals surface area contributed by atoms with Crippen LogP contribution in [0.5, 0.6) is 0 Å². The molecular weight excluding hydrogens is 346 g/mol. The molecule has 1 aliphatic heterocycles. The Morgan fingerprint density at radius 3 is 2.50 bits per heavy atom. The van der Waals surface area contributed by atoms with Crippen LogP contribution in [0.2, 0.25) is 0 Å². The summed E-state index contributed by atoms with van der Waals surface area (Å²) in [4.78, 5) is 28.2. The first-order valence-electron chi connectivity index (χ1n) is 10.4. The SMILES string of the molecule is CC(=O)SCCN(CCC1CCCCC1)C(=O)NCCC1CCCN1C. The molecule has 5 nitrogen and oxygen atoms in total. The molecule has 0 bridgehead atoms. The minimum atomic E-state index is 0.0469. The first-order valence-corrected chi connectivity index (χ1v) is 11.4. The molecule has 26 heavy (non-hydrogen) atoms. The smallest absolute Gasteiger partial charge is 0.317 e. The highest BCUT2D eigenvalue weighted by molar-refractivity contribution is 8.13. The first kappa shape index (κ1) is 21.5. The molecule has 0 aromatic heterocycles. The number of nitrogens with one attached hydrogen (secondary N) is 1. The van der Waals surface area contributed by atoms with Crippen LogP contribution in [0.4, 0.5) is 4.79 Å². The van der Waals surface area contributed by atoms with Crippen LogP contribution in [0.15, 0.2) is 0 Å². The van der Waals surface area contributed by atoms with Crippen molar-refractivity contribution in [1.29, 1.82) is 0 Å². The predicted octanol–water partition coefficient (Wildman–Crippen LogP) is 3.73. The van der Waals surface area contributed by atoms with E-state index < -0.39 is 0 Å². The van der Waals surface area contributed by atoms with E-state index >= 15 is 0 Å². The lowest BCUT2D eigenvalue weighted by Crippen LogP contribution is -2.43. The van der Waals surface area contributed by atoms with Gasteiger partial charge in [-0.25, -0.2) is 4.79 Å². The van der Waals surface area contributed by atoms with E-state index in [1.165, 1.54) is 63.3 Å². The molecule has 1 saturated carbocycles. The Bertz CT molecular complexity index is 441. The third-order valence-electron chi connectivity index (χ3n) is 5.91. The summed E-state index contributed by atoms with van der Waals surface area (Å²) in [5.41, 5.74) is 0. The van der Waals surface area contributed by atoms with E-state index in [0.29, 0.717) is 18.3 Å². The number of hydrogen-bond acceptors (Lipinski definition) is 4. The molecule has 2 amide bonds. The fourth-order valence-electron chi connectivity index (χ4n) is 4.23. The molecule has 2 fully saturated rings. The third kappa shape index (κ3) is 7.87. The molecule has 1 atom stereocenters. The average Bonchev–Trinajstić information content (AvgIpc) is 3.03. The van der Waals surface area contributed by atoms with Gasteiger partial charge in [-0.1, -0.05) is 43.9 Å². The third-order valence-corrected chi connectivity index (χ3v) is 6.70. The monoisotopic (exact) mass is 383 g/mol. The van der Waals surface area contributed by atoms with Crippen molar-refractivity contribution in [2.75, 3.05) is 39.0 Å². The van der Waals surface area contributed by atoms with Crippen molar-refractivity contribution < 1.29 is 9.59 Å². The summed E-state index contributed by atoms with van der Waals surface area (Å²) >= 11 is 1.32. The standard InChI is InChI=1S/C20H37N3O2S/c1-17(24)26-16-15-23(14-11-18-7-4-3-5-8-18)20(25)21-12-10-19-9-6-13-22(19)2/h18-19H,3-16H2,1-2H3,(H,21,25). The summed E-state index contributed by atoms with van der Waals surface area (Å²) < 4.78 is 0. The minimum absolute atomic E-state index is 0.0469. The van der Waals surface area contributed by atoms with Crippen LogP contribution >= 0.6 is 11.8 Å². The van der Waals surface area contributed by atoms with Gasteiger partial charge in [0.25, 0.3) is 0 Å². The second kappa shape index (κ2) is 11.9. The van der Waals surface area contributed by atoms with Crippen molar-refractivity contribution in [1.82, 2.24) is 15.1 Å². The predicted molar refractivity (Wildman–Crippen MR) is 110 cm³/mol. The van der Waals surface area contributed by atoms with Crippen LogP contribution in [0.1, 0.15) is 64.7 Å². The van der Waals surface area contributed by atoms with Gasteiger partial charge in [-0.2, -0.15) is 0 Å². The number of nitrogens with zero attached hydrogens (tertiary/aromatic N) is 2. The lowest BCUT2D eigenvalue weighted by atomic mass is 9.87. The van der Waals surface area contributed by atoms with Gasteiger partial charge in [0.2, 0.25) is 0 Å². The largest absolute Gasteiger partial charge is 0.338 e. The van der Waals surface area contributed by atoms with Gasteiger partial charge in [0, 0.05) is 38.4 Å². The Labute approximate surface area is 163 Å². The van der Waals surface area contributed by atoms with Crippen LogP contribution in [-0.4, -0.2) is 66.0 Å². The Kier molecular flexibility index (Phi) is 9.83. The van der Waals surface area contributed by atoms with Crippen molar-refractivity contribution in [3.05, 3.63) is 0 Å². The molecule has 0 aromatic rings. The van der Waals surface area contributed by atoms with Crippen molar-refractivity contribution in [3.63, 3.8) is 0 Å². The summed E-state index contributed by atoms with van der Waals surface area (Å²) in [7, 11) is 2.18. The molecule has 1 N–H and O–H groups in total. The van der Waals surface area contributed by atoms with Gasteiger partial charge in [-0.3, -0.25) is 4.79 Å². The summed E-state index contributed by atoms with van der Waals surface area (Å²) in [5, 5.41) is 3.25. The van der Waals surface area contributed by atoms with E-state index in [2.05, 4.69) is 17.3 Å². The van der Waals surface area contributed by atoms with Crippen LogP contribution in [0, 0.1) is 5.92 Å². The van der Waals surface area contributed by atoms with Crippen molar-refractivity contribution >= 4 is 22.9 Å². The van der Waals surface area contributed by atoms with Crippen LogP contribution in [-0.2, 0) is 4.79 Å². The van der Waals surface area contributed by atoms with Crippen molar-refractivity contribution in [3.8, 4) is 0 Å². The number of amides is 2. The molecule has 1 saturated heterocycles. The molecule has 0 spiro atoms. The maximum atomic E-state index is 12.7. The highest BCUT2D eigenvalue weighted by Crippen LogP contribution is 2.26. The number of rotatable bonds is 9. The number of carbonyl (C=O) groups excluding carboxylic acids is 2. The number of urea groups is 1. The maximum absolute atomic E-state index is 12.7. The highest BCUT2D eigenvalue weighted by Gasteiger charge is 2.22. The normalized spacial score (nSPS) is 21.7. The second-order valence-electron chi connectivity index (χ2n) is 7.92. The molecular formula is C20H37N3O2S. The van der Waals surface area contributed by atoms with Crippen molar-refractivity contribution in [2.24, 2.45) is 5.92 Å². The summed E-state index contributed by atoms with van der Waals surface area (Å²) in [6.45, 7) is 4.99. The molecule has 1 aliphatic carbocycles. The molecule has 2 rings (SSSR count). The Hall–Kier alpha value is -0.750. The number of carbonyl (C=O) groups is 2. The van der Waals surface area contributed by atoms with Gasteiger partial charge in [-0.05, 0) is 45.2 Å². The lowest BCUT2D eigenvalue weighted by molar-refractivity contribution is -0.109. The number of likely N-dealkylation sites (tertiary alicyclic amines) is 1. The quantitative estimate of drug-likeness (QED) is 0.659. The average molecular weight is 384 g/mol. The van der Waals surface area contributed by atoms with Crippen LogP contribution in [0.25, 0.3) is 0 Å². The van der Waals surface area contributed by atoms with Gasteiger partial charge in [0.1, 0.15) is 0 Å². The highest BCUT2D eigenvalue weighted by atomic mass is 32.2. The fourth-order valence-corrected chi connectivity index (χ4v) is 4.83. The molecule has 6 heteroatoms. The molecule has 1 unspecified atom stereocenters. The second-order valence-corrected chi connectivity index (χ2v) is 9.19. The van der Waals surface area contributed by atoms with Gasteiger partial charge >= 0.3 is 6.03 Å². The molecule has 0 aromatic carbocycles. The number of thioether (sulfide) groups is 1. The fraction of sp³-hybridized carbons (Fsp3) is 0.900. The number of hydrogen-bond donors (Lipinski definition) is 1. The van der Waals surface area contributed by atoms with Crippen LogP contribution < -0.4 is 5.32 Å². The Balaban J connectivity index is 1.74. The molecule has 150 valence electrons. The van der Waals surface area contributed by atoms with E-state index in [9.17, 15) is 9.59 Å². The summed E-state index contributed by atoms with van der Waals surface area (Å²) in [6, 6.07) is 0.657. The minimum Gasteiger partial charge on any atom is -0.338 e. The maximum Gasteiger partial charge on any atom is 0.317 e. The first-order chi connectivity index (χ1) is 12.6. The van der Waals surface area contributed by atoms with E-state index in [1.54, 1.807) is 6.92 Å². The zero-order chi connectivity index (χ0) is 18.8. The van der Waals surface area contributed by atoms with Gasteiger partial charge in [0.15, 0.2) is 5.12 Å². The lowest BCUT2D eigenvalue weighted by Gasteiger charge is -2.27. The van der Waals surface area contributed by atoms with E-state index in [1.807, 2.05) is 4.90 Å². The molecule has 1 heterocycles. The van der Waals surface area contributed by atoms with Crippen molar-refractivity contribution in [2.45, 2.75) is 70.8 Å². The van der Waals surface area contributed by atoms with E-state index in [0.717, 1.165) is 31.8 Å². The zero-order valence-corrected chi connectivity index (χ0v) is 17.5. The Morgan fingerprint density at radius 1 is 1.08 bits per heavy atom. The van der Waals surface area contributed by atoms with Gasteiger partial charge in [-0.15, -0.1) is 0 Å². The molecule has 0 radical (unpaired) electrons. The summed E-state index contributed by atoms with van der Waals surface area (Å²) in [5.74, 6) is 1.46. The van der Waals surface area contributed by atoms with Gasteiger partial charge < -0.3 is 15.1 Å². The topological polar surface area (TPSA) is 52.7 Å². The Morgan fingerprint density at radius 2 is 1.85 bits per heavy atom. The zero-order valence-electron chi connectivity index (χ0n) is 16.7. The van der Waals surface area contributed by atoms with Crippen LogP contribution in [0.3, 0.4) is 0 Å². The van der Waals surface area contributed by atoms with Gasteiger partial charge in [0.05, 0.1) is 0 Å². The summed E-state index contributed by atoms with van der Waals surface area (Å²) in [6.07, 6.45) is 11.3. The van der Waals surface area contributed by atoms with E-state index in [-0.39, 0.29) is 11.1 Å². The molecule has 2 aliphatic rings. The van der Waals surface area contributed by atoms with E-state index in [4.69, 9.17) is 0 Å².